The van der Waals surface area contributed by atoms with Crippen molar-refractivity contribution in [2.24, 2.45) is 0 Å². The summed E-state index contributed by atoms with van der Waals surface area (Å²) in [6.07, 6.45) is 2.15. The highest BCUT2D eigenvalue weighted by Gasteiger charge is 2.69. The van der Waals surface area contributed by atoms with Gasteiger partial charge in [0.15, 0.2) is 0 Å². The summed E-state index contributed by atoms with van der Waals surface area (Å²) in [6, 6.07) is 0. The van der Waals surface area contributed by atoms with Gasteiger partial charge in [-0.3, -0.25) is 4.79 Å². The predicted molar refractivity (Wildman–Crippen MR) is 58.7 cm³/mol. The summed E-state index contributed by atoms with van der Waals surface area (Å²) >= 11 is 8.11. The van der Waals surface area contributed by atoms with Gasteiger partial charge in [-0.15, -0.1) is 11.8 Å². The minimum atomic E-state index is -0.172. The molecule has 2 atom stereocenters. The summed E-state index contributed by atoms with van der Waals surface area (Å²) < 4.78 is 0.390. The second-order valence-corrected chi connectivity index (χ2v) is 6.74. The number of ketones is 1. The molecule has 0 amide bonds. The fourth-order valence-corrected chi connectivity index (χ4v) is 4.79. The van der Waals surface area contributed by atoms with Crippen LogP contribution in [0.5, 0.6) is 0 Å². The fraction of sp³-hybridized carbons (Fsp3) is 0.500. The molecule has 4 heteroatoms. The van der Waals surface area contributed by atoms with Crippen molar-refractivity contribution in [2.45, 2.75) is 23.2 Å². The fourth-order valence-electron chi connectivity index (χ4n) is 1.19. The van der Waals surface area contributed by atoms with Gasteiger partial charge in [0.1, 0.15) is 8.28 Å². The highest BCUT2D eigenvalue weighted by molar-refractivity contribution is 8.42. The van der Waals surface area contributed by atoms with E-state index in [1.807, 2.05) is 0 Å². The zero-order valence-electron chi connectivity index (χ0n) is 6.79. The quantitative estimate of drug-likeness (QED) is 0.380. The van der Waals surface area contributed by atoms with Crippen LogP contribution in [0.3, 0.4) is 0 Å². The predicted octanol–water partition coefficient (Wildman–Crippen LogP) is 2.41. The molecule has 2 aliphatic heterocycles. The van der Waals surface area contributed by atoms with E-state index in [2.05, 4.69) is 19.9 Å². The molecule has 2 fully saturated rings. The number of hydrogen-bond donors (Lipinski definition) is 0. The maximum absolute atomic E-state index is 11.3. The second kappa shape index (κ2) is 2.59. The average Bonchev–Trinajstić information content (AvgIpc) is 2.64. The number of Topliss-reactive ketones (excluding diaryl/α,β-unsaturated/α-hetero) is 1. The Bertz CT molecular complexity index is 303. The number of hydrogen-bond acceptors (Lipinski definition) is 4. The van der Waals surface area contributed by atoms with Crippen LogP contribution in [0.4, 0.5) is 0 Å². The monoisotopic (exact) mass is 216 g/mol. The lowest BCUT2D eigenvalue weighted by Crippen LogP contribution is -2.39. The molecular weight excluding hydrogens is 208 g/mol. The van der Waals surface area contributed by atoms with E-state index in [1.165, 1.54) is 5.57 Å². The van der Waals surface area contributed by atoms with E-state index in [4.69, 9.17) is 12.2 Å². The molecule has 1 nitrogen and oxygen atoms in total. The van der Waals surface area contributed by atoms with Gasteiger partial charge >= 0.3 is 0 Å². The molecule has 0 aromatic rings. The summed E-state index contributed by atoms with van der Waals surface area (Å²) in [5, 5.41) is 0.381. The molecule has 2 rings (SSSR count). The van der Waals surface area contributed by atoms with E-state index >= 15 is 0 Å². The zero-order valence-corrected chi connectivity index (χ0v) is 9.24. The van der Waals surface area contributed by atoms with Crippen LogP contribution in [0.25, 0.3) is 0 Å². The summed E-state index contributed by atoms with van der Waals surface area (Å²) in [5.41, 5.74) is 1.27. The molecule has 0 saturated carbocycles. The maximum Gasteiger partial charge on any atom is 0.207 e. The van der Waals surface area contributed by atoms with E-state index < -0.39 is 0 Å². The number of carbonyl (C=O) groups excluding carboxylic acids is 1. The van der Waals surface area contributed by atoms with Gasteiger partial charge in [-0.2, -0.15) is 0 Å². The van der Waals surface area contributed by atoms with Gasteiger partial charge in [0, 0.05) is 0 Å². The van der Waals surface area contributed by atoms with E-state index in [9.17, 15) is 4.79 Å². The second-order valence-electron chi connectivity index (χ2n) is 3.17. The molecule has 64 valence electrons. The first-order chi connectivity index (χ1) is 5.56. The van der Waals surface area contributed by atoms with Gasteiger partial charge in [0.05, 0.1) is 5.25 Å². The molecule has 1 spiro atoms. The molecule has 2 aliphatic rings. The number of thiocarbonyl (C=S) groups is 1. The SMILES string of the molecule is CC(C)=CC1SC12SC(=S)C2=O. The van der Waals surface area contributed by atoms with E-state index in [-0.39, 0.29) is 9.86 Å². The van der Waals surface area contributed by atoms with E-state index in [0.717, 1.165) is 0 Å². The zero-order chi connectivity index (χ0) is 8.93. The molecule has 2 unspecified atom stereocenters. The molecular formula is C8H8OS3. The van der Waals surface area contributed by atoms with Crippen molar-refractivity contribution in [3.8, 4) is 0 Å². The Morgan fingerprint density at radius 2 is 2.33 bits per heavy atom. The lowest BCUT2D eigenvalue weighted by molar-refractivity contribution is -0.112. The first-order valence-corrected chi connectivity index (χ1v) is 5.77. The van der Waals surface area contributed by atoms with Crippen LogP contribution in [0.1, 0.15) is 13.8 Å². The van der Waals surface area contributed by atoms with Gasteiger partial charge in [-0.25, -0.2) is 0 Å². The smallest absolute Gasteiger partial charge is 0.207 e. The third-order valence-corrected chi connectivity index (χ3v) is 5.37. The third kappa shape index (κ3) is 1.09. The molecule has 0 radical (unpaired) electrons. The van der Waals surface area contributed by atoms with Gasteiger partial charge in [0.25, 0.3) is 0 Å². The molecule has 0 aromatic heterocycles. The van der Waals surface area contributed by atoms with Crippen molar-refractivity contribution in [2.75, 3.05) is 0 Å². The maximum atomic E-state index is 11.3. The van der Waals surface area contributed by atoms with Crippen molar-refractivity contribution >= 4 is 45.7 Å². The molecule has 2 saturated heterocycles. The molecule has 12 heavy (non-hydrogen) atoms. The highest BCUT2D eigenvalue weighted by atomic mass is 32.2. The Labute approximate surface area is 85.4 Å². The van der Waals surface area contributed by atoms with Gasteiger partial charge in [-0.05, 0) is 13.8 Å². The van der Waals surface area contributed by atoms with Crippen LogP contribution in [0.2, 0.25) is 0 Å². The number of rotatable bonds is 1. The largest absolute Gasteiger partial charge is 0.290 e. The van der Waals surface area contributed by atoms with Gasteiger partial charge in [0.2, 0.25) is 5.78 Å². The van der Waals surface area contributed by atoms with Crippen molar-refractivity contribution in [1.82, 2.24) is 0 Å². The van der Waals surface area contributed by atoms with E-state index in [0.29, 0.717) is 9.45 Å². The third-order valence-electron chi connectivity index (χ3n) is 1.85. The number of carbonyl (C=O) groups is 1. The van der Waals surface area contributed by atoms with Gasteiger partial charge < -0.3 is 0 Å². The highest BCUT2D eigenvalue weighted by Crippen LogP contribution is 2.68. The Hall–Kier alpha value is 0.200. The molecule has 0 aromatic carbocycles. The first-order valence-electron chi connectivity index (χ1n) is 3.67. The normalized spacial score (nSPS) is 38.0. The van der Waals surface area contributed by atoms with Crippen LogP contribution in [-0.2, 0) is 4.79 Å². The first kappa shape index (κ1) is 8.78. The molecule has 0 N–H and O–H groups in total. The van der Waals surface area contributed by atoms with Crippen LogP contribution in [-0.4, -0.2) is 19.3 Å². The molecule has 2 heterocycles. The standard InChI is InChI=1S/C8H8OS3/c1-4(2)3-5-8(11-5)6(9)7(10)12-8/h3,5H,1-2H3. The lowest BCUT2D eigenvalue weighted by atomic mass is 10.1. The summed E-state index contributed by atoms with van der Waals surface area (Å²) in [6.45, 7) is 4.11. The topological polar surface area (TPSA) is 17.1 Å². The minimum Gasteiger partial charge on any atom is -0.290 e. The Morgan fingerprint density at radius 3 is 2.75 bits per heavy atom. The van der Waals surface area contributed by atoms with Crippen LogP contribution in [0.15, 0.2) is 11.6 Å². The Balaban J connectivity index is 2.09. The molecule has 0 bridgehead atoms. The summed E-state index contributed by atoms with van der Waals surface area (Å²) in [5.74, 6) is 0.176. The Morgan fingerprint density at radius 1 is 1.67 bits per heavy atom. The number of thioether (sulfide) groups is 2. The minimum absolute atomic E-state index is 0.172. The van der Waals surface area contributed by atoms with E-state index in [1.54, 1.807) is 23.5 Å². The molecule has 0 aliphatic carbocycles. The van der Waals surface area contributed by atoms with Crippen molar-refractivity contribution in [3.05, 3.63) is 11.6 Å². The summed E-state index contributed by atoms with van der Waals surface area (Å²) in [7, 11) is 0. The van der Waals surface area contributed by atoms with Crippen LogP contribution in [0, 0.1) is 0 Å². The lowest BCUT2D eigenvalue weighted by Gasteiger charge is -2.22. The Kier molecular flexibility index (Phi) is 1.90. The summed E-state index contributed by atoms with van der Waals surface area (Å²) in [4.78, 5) is 11.3. The van der Waals surface area contributed by atoms with Crippen molar-refractivity contribution in [1.29, 1.82) is 0 Å². The van der Waals surface area contributed by atoms with Crippen molar-refractivity contribution in [3.63, 3.8) is 0 Å². The average molecular weight is 216 g/mol. The number of allylic oxidation sites excluding steroid dienone is 1. The van der Waals surface area contributed by atoms with Gasteiger partial charge in [-0.1, -0.05) is 35.6 Å². The van der Waals surface area contributed by atoms with Crippen LogP contribution >= 0.6 is 35.7 Å². The van der Waals surface area contributed by atoms with Crippen LogP contribution < -0.4 is 0 Å². The van der Waals surface area contributed by atoms with Crippen molar-refractivity contribution < 1.29 is 4.79 Å².